The van der Waals surface area contributed by atoms with Gasteiger partial charge in [-0.3, -0.25) is 28.8 Å². The van der Waals surface area contributed by atoms with Crippen LogP contribution in [0.5, 0.6) is 17.2 Å². The number of rotatable bonds is 26. The van der Waals surface area contributed by atoms with E-state index in [9.17, 15) is 28.8 Å². The molecule has 9 aromatic rings. The summed E-state index contributed by atoms with van der Waals surface area (Å²) < 4.78 is 32.4. The summed E-state index contributed by atoms with van der Waals surface area (Å²) in [5, 5.41) is 0. The molecule has 12 nitrogen and oxygen atoms in total. The maximum absolute atomic E-state index is 12.5. The number of carbonyl (C=O) groups is 6. The average molecular weight is 1540 g/mol. The number of alkyl halides is 3. The Morgan fingerprint density at radius 2 is 0.552 bits per heavy atom. The lowest BCUT2D eigenvalue weighted by molar-refractivity contribution is -0.154. The molecule has 0 bridgehead atoms. The van der Waals surface area contributed by atoms with Crippen molar-refractivity contribution in [3.05, 3.63) is 255 Å². The number of hydrogen-bond acceptors (Lipinski definition) is 12. The van der Waals surface area contributed by atoms with Gasteiger partial charge in [-0.05, 0) is 186 Å². The molecule has 0 heterocycles. The first-order chi connectivity index (χ1) is 46.3. The number of carbonyl (C=O) groups excluding carboxylic acids is 6. The SMILES string of the molecule is CC(Br)C(=O)OC(CC(=O)Oc1ccc([S+](c2ccccc2)c2ccccc2)cc1)C(C)C.CC(CC(=O)Oc1ccc([S+](c2ccccc2)c2ccccc2)cc1)OC(=O)C(C)Br.CCC(CC(=O)Oc1ccc([S+](c2ccccc2)c2ccccc2)cc1)OC(=O)C(C)Br. The molecule has 6 unspecified atom stereocenters. The molecule has 0 aliphatic heterocycles. The summed E-state index contributed by atoms with van der Waals surface area (Å²) in [6.07, 6.45) is -1.04. The first-order valence-corrected chi connectivity index (χ1v) is 37.7. The molecule has 0 amide bonds. The molecule has 96 heavy (non-hydrogen) atoms. The van der Waals surface area contributed by atoms with Gasteiger partial charge in [0, 0.05) is 0 Å². The van der Waals surface area contributed by atoms with Crippen molar-refractivity contribution < 1.29 is 57.2 Å². The zero-order chi connectivity index (χ0) is 68.9. The van der Waals surface area contributed by atoms with E-state index < -0.39 is 56.7 Å². The van der Waals surface area contributed by atoms with Gasteiger partial charge in [-0.25, -0.2) is 0 Å². The van der Waals surface area contributed by atoms with Gasteiger partial charge in [0.05, 0.1) is 51.9 Å². The van der Waals surface area contributed by atoms with Gasteiger partial charge in [-0.1, -0.05) is 178 Å². The lowest BCUT2D eigenvalue weighted by atomic mass is 10.0. The van der Waals surface area contributed by atoms with Gasteiger partial charge in [-0.2, -0.15) is 0 Å². The normalized spacial score (nSPS) is 12.8. The minimum atomic E-state index is -0.554. The zero-order valence-electron chi connectivity index (χ0n) is 54.4. The third kappa shape index (κ3) is 24.4. The van der Waals surface area contributed by atoms with Crippen molar-refractivity contribution in [2.24, 2.45) is 5.92 Å². The molecule has 0 aliphatic carbocycles. The van der Waals surface area contributed by atoms with Gasteiger partial charge in [0.25, 0.3) is 0 Å². The van der Waals surface area contributed by atoms with Crippen LogP contribution in [-0.2, 0) is 75.7 Å². The first kappa shape index (κ1) is 75.7. The molecule has 498 valence electrons. The molecule has 0 aliphatic rings. The third-order valence-corrected chi connectivity index (χ3v) is 21.8. The molecule has 9 aromatic carbocycles. The van der Waals surface area contributed by atoms with Gasteiger partial charge in [0.15, 0.2) is 44.1 Å². The van der Waals surface area contributed by atoms with E-state index >= 15 is 0 Å². The second-order valence-corrected chi connectivity index (χ2v) is 32.2. The second kappa shape index (κ2) is 39.5. The molecule has 0 aromatic heterocycles. The summed E-state index contributed by atoms with van der Waals surface area (Å²) in [5.74, 6) is -1.08. The van der Waals surface area contributed by atoms with Crippen molar-refractivity contribution in [1.29, 1.82) is 0 Å². The fourth-order valence-corrected chi connectivity index (χ4v) is 15.7. The molecular formula is C78H78Br3O12S3+3. The van der Waals surface area contributed by atoms with Crippen molar-refractivity contribution in [3.63, 3.8) is 0 Å². The number of hydrogen-bond donors (Lipinski definition) is 0. The van der Waals surface area contributed by atoms with Crippen LogP contribution < -0.4 is 14.2 Å². The summed E-state index contributed by atoms with van der Waals surface area (Å²) in [6, 6.07) is 84.9. The summed E-state index contributed by atoms with van der Waals surface area (Å²) >= 11 is 9.53. The number of benzene rings is 9. The number of halogens is 3. The first-order valence-electron chi connectivity index (χ1n) is 31.3. The molecule has 6 atom stereocenters. The van der Waals surface area contributed by atoms with Crippen LogP contribution in [0.3, 0.4) is 0 Å². The van der Waals surface area contributed by atoms with Crippen molar-refractivity contribution in [1.82, 2.24) is 0 Å². The standard InChI is InChI=1S/C27H28BrO4S.C26H26BrO4S.C25H24BrO4S/c1-19(2)25(32-27(30)20(3)28)18-26(29)31-21-14-16-24(17-15-21)33(22-10-6-4-7-11-22)23-12-8-5-9-13-23;1-3-20(31-26(29)19(2)27)18-25(28)30-21-14-16-24(17-15-21)32(22-10-6-4-7-11-22)23-12-8-5-9-13-23;1-18(29-25(28)19(2)26)17-24(27)30-20-13-15-23(16-14-20)31(21-9-5-3-6-10-21)22-11-7-4-8-12-22/h4-17,19-20,25H,18H2,1-3H3;4-17,19-20H,3,18H2,1-2H3;3-16,18-19H,17H2,1-2H3/q3*+1. The topological polar surface area (TPSA) is 158 Å². The Morgan fingerprint density at radius 3 is 0.812 bits per heavy atom. The highest BCUT2D eigenvalue weighted by Crippen LogP contribution is 2.35. The van der Waals surface area contributed by atoms with Crippen LogP contribution in [0.25, 0.3) is 0 Å². The fraction of sp³-hybridized carbons (Fsp3) is 0.231. The molecular weight excluding hydrogens is 1460 g/mol. The Labute approximate surface area is 597 Å². The van der Waals surface area contributed by atoms with Crippen LogP contribution in [0, 0.1) is 5.92 Å². The molecule has 0 N–H and O–H groups in total. The van der Waals surface area contributed by atoms with E-state index in [0.717, 1.165) is 14.7 Å². The molecule has 0 fully saturated rings. The molecule has 0 radical (unpaired) electrons. The van der Waals surface area contributed by atoms with E-state index in [1.54, 1.807) is 39.8 Å². The minimum Gasteiger partial charge on any atom is -0.461 e. The van der Waals surface area contributed by atoms with E-state index in [1.807, 2.05) is 191 Å². The Morgan fingerprint density at radius 1 is 0.312 bits per heavy atom. The lowest BCUT2D eigenvalue weighted by Crippen LogP contribution is -2.30. The van der Waals surface area contributed by atoms with E-state index in [1.165, 1.54) is 29.4 Å². The molecule has 18 heteroatoms. The van der Waals surface area contributed by atoms with Crippen LogP contribution in [0.4, 0.5) is 0 Å². The van der Waals surface area contributed by atoms with E-state index in [-0.39, 0.29) is 69.8 Å². The molecule has 9 rings (SSSR count). The number of esters is 6. The van der Waals surface area contributed by atoms with Gasteiger partial charge in [0.2, 0.25) is 0 Å². The van der Waals surface area contributed by atoms with Crippen molar-refractivity contribution >= 4 is 116 Å². The lowest BCUT2D eigenvalue weighted by Gasteiger charge is -2.21. The maximum atomic E-state index is 12.5. The van der Waals surface area contributed by atoms with Crippen molar-refractivity contribution in [2.75, 3.05) is 0 Å². The van der Waals surface area contributed by atoms with Crippen LogP contribution in [0.2, 0.25) is 0 Å². The van der Waals surface area contributed by atoms with Crippen molar-refractivity contribution in [2.45, 2.75) is 151 Å². The predicted molar refractivity (Wildman–Crippen MR) is 391 cm³/mol. The van der Waals surface area contributed by atoms with E-state index in [0.29, 0.717) is 23.7 Å². The maximum Gasteiger partial charge on any atom is 0.319 e. The molecule has 0 spiro atoms. The Kier molecular flexibility index (Phi) is 31.1. The third-order valence-electron chi connectivity index (χ3n) is 14.0. The largest absolute Gasteiger partial charge is 0.461 e. The quantitative estimate of drug-likeness (QED) is 0.0166. The van der Waals surface area contributed by atoms with Crippen LogP contribution in [-0.4, -0.2) is 68.6 Å². The van der Waals surface area contributed by atoms with Crippen molar-refractivity contribution in [3.8, 4) is 17.2 Å². The summed E-state index contributed by atoms with van der Waals surface area (Å²) in [6.45, 7) is 12.4. The van der Waals surface area contributed by atoms with Crippen LogP contribution in [0.15, 0.2) is 299 Å². The highest BCUT2D eigenvalue weighted by Gasteiger charge is 2.32. The van der Waals surface area contributed by atoms with E-state index in [2.05, 4.69) is 121 Å². The Bertz CT molecular complexity index is 3720. The van der Waals surface area contributed by atoms with E-state index in [4.69, 9.17) is 28.4 Å². The number of ether oxygens (including phenoxy) is 6. The summed E-state index contributed by atoms with van der Waals surface area (Å²) in [5.41, 5.74) is 0. The van der Waals surface area contributed by atoms with Crippen LogP contribution >= 0.6 is 47.8 Å². The average Bonchev–Trinajstić information content (AvgIpc) is 0.930. The summed E-state index contributed by atoms with van der Waals surface area (Å²) in [7, 11) is -0.783. The highest BCUT2D eigenvalue weighted by molar-refractivity contribution is 9.10. The highest BCUT2D eigenvalue weighted by atomic mass is 79.9. The second-order valence-electron chi connectivity index (χ2n) is 22.0. The predicted octanol–water partition coefficient (Wildman–Crippen LogP) is 18.4. The fourth-order valence-electron chi connectivity index (χ4n) is 9.12. The summed E-state index contributed by atoms with van der Waals surface area (Å²) in [4.78, 5) is 81.8. The zero-order valence-corrected chi connectivity index (χ0v) is 61.6. The van der Waals surface area contributed by atoms with Gasteiger partial charge >= 0.3 is 35.8 Å². The molecule has 0 saturated heterocycles. The van der Waals surface area contributed by atoms with Gasteiger partial charge in [-0.15, -0.1) is 0 Å². The minimum absolute atomic E-state index is 0.00326. The Hall–Kier alpha value is -7.71. The molecule has 0 saturated carbocycles. The monoisotopic (exact) mass is 1540 g/mol. The van der Waals surface area contributed by atoms with Crippen LogP contribution in [0.1, 0.15) is 74.1 Å². The van der Waals surface area contributed by atoms with Gasteiger partial charge in [0.1, 0.15) is 50.0 Å². The van der Waals surface area contributed by atoms with Gasteiger partial charge < -0.3 is 28.4 Å². The Balaban J connectivity index is 0.000000203. The smallest absolute Gasteiger partial charge is 0.319 e.